The summed E-state index contributed by atoms with van der Waals surface area (Å²) in [6.07, 6.45) is 5.06. The lowest BCUT2D eigenvalue weighted by molar-refractivity contribution is -0.135. The largest absolute Gasteiger partial charge is 0.480 e. The zero-order valence-corrected chi connectivity index (χ0v) is 13.4. The predicted molar refractivity (Wildman–Crippen MR) is 84.5 cm³/mol. The number of carbonyl (C=O) groups excluding carboxylic acids is 1. The van der Waals surface area contributed by atoms with Crippen LogP contribution in [0.1, 0.15) is 32.1 Å². The molecule has 1 aliphatic rings. The number of anilines is 1. The first-order valence-corrected chi connectivity index (χ1v) is 8.99. The minimum Gasteiger partial charge on any atom is -0.480 e. The van der Waals surface area contributed by atoms with E-state index in [0.717, 1.165) is 25.7 Å². The van der Waals surface area contributed by atoms with Crippen LogP contribution in [0.4, 0.5) is 5.69 Å². The lowest BCUT2D eigenvalue weighted by Gasteiger charge is -2.20. The van der Waals surface area contributed by atoms with Crippen LogP contribution in [-0.4, -0.2) is 31.9 Å². The lowest BCUT2D eigenvalue weighted by Crippen LogP contribution is -2.29. The molecule has 1 amide bonds. The molecule has 0 aromatic heterocycles. The molecule has 0 radical (unpaired) electrons. The quantitative estimate of drug-likeness (QED) is 0.727. The Morgan fingerprint density at radius 1 is 1.09 bits per heavy atom. The molecule has 7 nitrogen and oxygen atoms in total. The van der Waals surface area contributed by atoms with Crippen LogP contribution in [0.5, 0.6) is 0 Å². The Hall–Kier alpha value is -1.93. The van der Waals surface area contributed by atoms with Crippen LogP contribution in [0.25, 0.3) is 0 Å². The van der Waals surface area contributed by atoms with Gasteiger partial charge in [-0.25, -0.2) is 8.42 Å². The maximum atomic E-state index is 12.1. The maximum absolute atomic E-state index is 12.1. The summed E-state index contributed by atoms with van der Waals surface area (Å²) in [6, 6.07) is 5.66. The molecule has 8 heteroatoms. The first-order chi connectivity index (χ1) is 10.9. The molecule has 1 aliphatic carbocycles. The van der Waals surface area contributed by atoms with E-state index in [1.165, 1.54) is 30.7 Å². The fourth-order valence-electron chi connectivity index (χ4n) is 2.57. The number of sulfonamides is 1. The Morgan fingerprint density at radius 3 is 2.26 bits per heavy atom. The second-order valence-corrected chi connectivity index (χ2v) is 7.33. The third kappa shape index (κ3) is 5.04. The van der Waals surface area contributed by atoms with E-state index in [9.17, 15) is 18.0 Å². The van der Waals surface area contributed by atoms with Crippen LogP contribution in [0, 0.1) is 5.92 Å². The first kappa shape index (κ1) is 17.4. The molecule has 1 fully saturated rings. The summed E-state index contributed by atoms with van der Waals surface area (Å²) in [5.74, 6) is -1.28. The molecule has 1 aromatic rings. The van der Waals surface area contributed by atoms with Crippen LogP contribution in [0.3, 0.4) is 0 Å². The zero-order chi connectivity index (χ0) is 16.9. The minimum absolute atomic E-state index is 0.0180. The van der Waals surface area contributed by atoms with Gasteiger partial charge in [-0.1, -0.05) is 19.3 Å². The van der Waals surface area contributed by atoms with Crippen molar-refractivity contribution in [3.05, 3.63) is 24.3 Å². The second-order valence-electron chi connectivity index (χ2n) is 5.57. The van der Waals surface area contributed by atoms with Gasteiger partial charge in [-0.2, -0.15) is 4.72 Å². The molecule has 0 atom stereocenters. The summed E-state index contributed by atoms with van der Waals surface area (Å²) in [7, 11) is -3.86. The van der Waals surface area contributed by atoms with E-state index in [4.69, 9.17) is 5.11 Å². The fraction of sp³-hybridized carbons (Fsp3) is 0.467. The topological polar surface area (TPSA) is 113 Å². The lowest BCUT2D eigenvalue weighted by atomic mass is 9.88. The summed E-state index contributed by atoms with van der Waals surface area (Å²) in [4.78, 5) is 22.5. The highest BCUT2D eigenvalue weighted by molar-refractivity contribution is 7.89. The van der Waals surface area contributed by atoms with Crippen molar-refractivity contribution in [1.82, 2.24) is 4.72 Å². The van der Waals surface area contributed by atoms with E-state index >= 15 is 0 Å². The van der Waals surface area contributed by atoms with E-state index in [-0.39, 0.29) is 16.7 Å². The van der Waals surface area contributed by atoms with Gasteiger partial charge in [0, 0.05) is 11.6 Å². The molecule has 126 valence electrons. The van der Waals surface area contributed by atoms with Crippen LogP contribution < -0.4 is 10.0 Å². The van der Waals surface area contributed by atoms with E-state index in [0.29, 0.717) is 5.69 Å². The molecular formula is C15H20N2O5S. The van der Waals surface area contributed by atoms with Crippen LogP contribution in [0.2, 0.25) is 0 Å². The van der Waals surface area contributed by atoms with E-state index in [2.05, 4.69) is 5.32 Å². The number of amides is 1. The molecule has 0 saturated heterocycles. The number of carboxylic acids is 1. The smallest absolute Gasteiger partial charge is 0.318 e. The molecule has 23 heavy (non-hydrogen) atoms. The van der Waals surface area contributed by atoms with Crippen molar-refractivity contribution < 1.29 is 23.1 Å². The molecule has 1 saturated carbocycles. The minimum atomic E-state index is -3.86. The number of hydrogen-bond donors (Lipinski definition) is 3. The number of carboxylic acid groups (broad SMARTS) is 1. The zero-order valence-electron chi connectivity index (χ0n) is 12.6. The molecule has 0 aliphatic heterocycles. The number of rotatable bonds is 6. The summed E-state index contributed by atoms with van der Waals surface area (Å²) in [6.45, 7) is -0.678. The number of hydrogen-bond acceptors (Lipinski definition) is 4. The van der Waals surface area contributed by atoms with Crippen molar-refractivity contribution in [2.45, 2.75) is 37.0 Å². The number of benzene rings is 1. The highest BCUT2D eigenvalue weighted by Gasteiger charge is 2.21. The van der Waals surface area contributed by atoms with Crippen LogP contribution in [-0.2, 0) is 19.6 Å². The standard InChI is InChI=1S/C15H20N2O5S/c18-14(19)10-16-23(21,22)13-8-6-12(7-9-13)17-15(20)11-4-2-1-3-5-11/h6-9,11,16H,1-5,10H2,(H,17,20)(H,18,19). The molecular weight excluding hydrogens is 320 g/mol. The van der Waals surface area contributed by atoms with Crippen molar-refractivity contribution in [1.29, 1.82) is 0 Å². The molecule has 1 aromatic carbocycles. The van der Waals surface area contributed by atoms with Crippen molar-refractivity contribution >= 4 is 27.6 Å². The van der Waals surface area contributed by atoms with Gasteiger partial charge in [-0.15, -0.1) is 0 Å². The third-order valence-electron chi connectivity index (χ3n) is 3.82. The predicted octanol–water partition coefficient (Wildman–Crippen LogP) is 1.57. The van der Waals surface area contributed by atoms with Crippen molar-refractivity contribution in [2.75, 3.05) is 11.9 Å². The number of aliphatic carboxylic acids is 1. The molecule has 3 N–H and O–H groups in total. The van der Waals surface area contributed by atoms with Gasteiger partial charge in [0.25, 0.3) is 0 Å². The number of nitrogens with one attached hydrogen (secondary N) is 2. The van der Waals surface area contributed by atoms with Crippen molar-refractivity contribution in [3.63, 3.8) is 0 Å². The molecule has 0 bridgehead atoms. The van der Waals surface area contributed by atoms with Crippen molar-refractivity contribution in [3.8, 4) is 0 Å². The molecule has 0 heterocycles. The highest BCUT2D eigenvalue weighted by Crippen LogP contribution is 2.25. The van der Waals surface area contributed by atoms with E-state index in [1.807, 2.05) is 4.72 Å². The Labute approximate surface area is 135 Å². The Morgan fingerprint density at radius 2 is 1.70 bits per heavy atom. The van der Waals surface area contributed by atoms with Crippen molar-refractivity contribution in [2.24, 2.45) is 5.92 Å². The van der Waals surface area contributed by atoms with Gasteiger partial charge < -0.3 is 10.4 Å². The Bertz CT molecular complexity index is 664. The summed E-state index contributed by atoms with van der Waals surface area (Å²) in [5, 5.41) is 11.3. The molecule has 0 spiro atoms. The van der Waals surface area contributed by atoms with E-state index < -0.39 is 22.5 Å². The average Bonchev–Trinajstić information content (AvgIpc) is 2.54. The second kappa shape index (κ2) is 7.56. The van der Waals surface area contributed by atoms with Gasteiger partial charge in [-0.3, -0.25) is 9.59 Å². The van der Waals surface area contributed by atoms with Gasteiger partial charge in [-0.05, 0) is 37.1 Å². The van der Waals surface area contributed by atoms with Crippen LogP contribution >= 0.6 is 0 Å². The molecule has 2 rings (SSSR count). The third-order valence-corrected chi connectivity index (χ3v) is 5.24. The SMILES string of the molecule is O=C(O)CNS(=O)(=O)c1ccc(NC(=O)C2CCCCC2)cc1. The average molecular weight is 340 g/mol. The normalized spacial score (nSPS) is 16.0. The maximum Gasteiger partial charge on any atom is 0.318 e. The van der Waals surface area contributed by atoms with Gasteiger partial charge in [0.05, 0.1) is 4.90 Å². The first-order valence-electron chi connectivity index (χ1n) is 7.51. The summed E-state index contributed by atoms with van der Waals surface area (Å²) in [5.41, 5.74) is 0.526. The molecule has 0 unspecified atom stereocenters. The monoisotopic (exact) mass is 340 g/mol. The van der Waals surface area contributed by atoms with Gasteiger partial charge in [0.2, 0.25) is 15.9 Å². The summed E-state index contributed by atoms with van der Waals surface area (Å²) >= 11 is 0. The van der Waals surface area contributed by atoms with E-state index in [1.54, 1.807) is 0 Å². The van der Waals surface area contributed by atoms with Gasteiger partial charge in [0.1, 0.15) is 6.54 Å². The highest BCUT2D eigenvalue weighted by atomic mass is 32.2. The van der Waals surface area contributed by atoms with Gasteiger partial charge in [0.15, 0.2) is 0 Å². The van der Waals surface area contributed by atoms with Crippen LogP contribution in [0.15, 0.2) is 29.2 Å². The Kier molecular flexibility index (Phi) is 5.73. The number of carbonyl (C=O) groups is 2. The summed E-state index contributed by atoms with van der Waals surface area (Å²) < 4.78 is 25.7. The Balaban J connectivity index is 1.98. The fourth-order valence-corrected chi connectivity index (χ4v) is 3.54. The van der Waals surface area contributed by atoms with Gasteiger partial charge >= 0.3 is 5.97 Å².